The number of para-hydroxylation sites is 3. The van der Waals surface area contributed by atoms with Crippen LogP contribution in [0.25, 0.3) is 28.1 Å². The number of fused-ring (bicyclic) bond motifs is 3. The van der Waals surface area contributed by atoms with Crippen molar-refractivity contribution in [3.8, 4) is 11.3 Å². The molecule has 0 bridgehead atoms. The van der Waals surface area contributed by atoms with Crippen LogP contribution >= 0.6 is 12.2 Å². The van der Waals surface area contributed by atoms with E-state index < -0.39 is 0 Å². The predicted molar refractivity (Wildman–Crippen MR) is 133 cm³/mol. The van der Waals surface area contributed by atoms with Crippen LogP contribution in [0, 0.1) is 0 Å². The molecular formula is C26H24N4S. The first-order valence-corrected chi connectivity index (χ1v) is 11.1. The lowest BCUT2D eigenvalue weighted by molar-refractivity contribution is 0.657. The van der Waals surface area contributed by atoms with Gasteiger partial charge in [0.05, 0.1) is 11.0 Å². The summed E-state index contributed by atoms with van der Waals surface area (Å²) < 4.78 is 4.53. The van der Waals surface area contributed by atoms with Gasteiger partial charge in [-0.15, -0.1) is 0 Å². The molecule has 5 rings (SSSR count). The van der Waals surface area contributed by atoms with Crippen molar-refractivity contribution in [1.29, 1.82) is 0 Å². The summed E-state index contributed by atoms with van der Waals surface area (Å²) in [5.74, 6) is 0.931. The number of aromatic nitrogens is 3. The topological polar surface area (TPSA) is 34.3 Å². The lowest BCUT2D eigenvalue weighted by atomic mass is 10.1. The number of hydrogen-bond donors (Lipinski definition) is 1. The molecule has 0 saturated carbocycles. The number of thiocarbonyl (C=S) groups is 1. The summed E-state index contributed by atoms with van der Waals surface area (Å²) in [6.45, 7) is 3.14. The molecule has 0 saturated heterocycles. The molecule has 2 aromatic heterocycles. The molecule has 0 aliphatic rings. The van der Waals surface area contributed by atoms with E-state index in [-0.39, 0.29) is 0 Å². The van der Waals surface area contributed by atoms with Crippen LogP contribution in [0.15, 0.2) is 84.9 Å². The lowest BCUT2D eigenvalue weighted by Crippen LogP contribution is -2.14. The summed E-state index contributed by atoms with van der Waals surface area (Å²) in [6, 6.07) is 28.8. The van der Waals surface area contributed by atoms with E-state index >= 15 is 0 Å². The minimum absolute atomic E-state index is 0.663. The summed E-state index contributed by atoms with van der Waals surface area (Å²) in [5, 5.41) is 3.43. The molecule has 5 heteroatoms. The van der Waals surface area contributed by atoms with Crippen molar-refractivity contribution in [1.82, 2.24) is 14.0 Å². The second-order valence-corrected chi connectivity index (χ2v) is 8.03. The van der Waals surface area contributed by atoms with E-state index in [4.69, 9.17) is 17.2 Å². The zero-order valence-electron chi connectivity index (χ0n) is 17.5. The lowest BCUT2D eigenvalue weighted by Gasteiger charge is -2.10. The van der Waals surface area contributed by atoms with Crippen molar-refractivity contribution < 1.29 is 0 Å². The summed E-state index contributed by atoms with van der Waals surface area (Å²) in [4.78, 5) is 5.80. The first-order valence-electron chi connectivity index (χ1n) is 10.7. The standard InChI is InChI=1S/C26H24N4S/c1-2-3-18-29-21-16-10-11-17-22(21)30-24(25(31)27-20-14-8-5-9-15-20)23(28-26(29)30)19-12-6-4-7-13-19/h4-17H,2-3,18H2,1H3,(H,27,31). The average Bonchev–Trinajstić information content (AvgIpc) is 3.34. The molecule has 0 radical (unpaired) electrons. The molecule has 1 N–H and O–H groups in total. The van der Waals surface area contributed by atoms with Crippen LogP contribution in [0.5, 0.6) is 0 Å². The third-order valence-electron chi connectivity index (χ3n) is 5.54. The number of benzene rings is 3. The summed E-state index contributed by atoms with van der Waals surface area (Å²) in [7, 11) is 0. The summed E-state index contributed by atoms with van der Waals surface area (Å²) >= 11 is 5.95. The number of aryl methyl sites for hydroxylation is 1. The van der Waals surface area contributed by atoms with Gasteiger partial charge in [0.2, 0.25) is 5.78 Å². The molecule has 0 spiro atoms. The van der Waals surface area contributed by atoms with E-state index in [1.54, 1.807) is 0 Å². The molecular weight excluding hydrogens is 400 g/mol. The monoisotopic (exact) mass is 424 g/mol. The van der Waals surface area contributed by atoms with Gasteiger partial charge < -0.3 is 9.88 Å². The van der Waals surface area contributed by atoms with Gasteiger partial charge in [-0.05, 0) is 30.7 Å². The van der Waals surface area contributed by atoms with Crippen molar-refractivity contribution in [3.05, 3.63) is 90.6 Å². The van der Waals surface area contributed by atoms with Crippen molar-refractivity contribution in [2.45, 2.75) is 26.3 Å². The van der Waals surface area contributed by atoms with Crippen LogP contribution in [-0.4, -0.2) is 18.9 Å². The highest BCUT2D eigenvalue weighted by atomic mass is 32.1. The predicted octanol–water partition coefficient (Wildman–Crippen LogP) is 6.54. The maximum absolute atomic E-state index is 5.95. The van der Waals surface area contributed by atoms with Crippen molar-refractivity contribution in [2.24, 2.45) is 0 Å². The molecule has 5 aromatic rings. The Morgan fingerprint density at radius 3 is 2.23 bits per heavy atom. The largest absolute Gasteiger partial charge is 0.345 e. The Labute approximate surface area is 187 Å². The van der Waals surface area contributed by atoms with Gasteiger partial charge in [-0.3, -0.25) is 4.40 Å². The molecule has 0 aliphatic carbocycles. The zero-order valence-corrected chi connectivity index (χ0v) is 18.3. The molecule has 0 atom stereocenters. The smallest absolute Gasteiger partial charge is 0.216 e. The highest BCUT2D eigenvalue weighted by Gasteiger charge is 2.23. The zero-order chi connectivity index (χ0) is 21.2. The number of nitrogens with one attached hydrogen (secondary N) is 1. The Morgan fingerprint density at radius 2 is 1.52 bits per heavy atom. The van der Waals surface area contributed by atoms with E-state index in [2.05, 4.69) is 57.6 Å². The number of unbranched alkanes of at least 4 members (excludes halogenated alkanes) is 1. The summed E-state index contributed by atoms with van der Waals surface area (Å²) in [6.07, 6.45) is 2.23. The Balaban J connectivity index is 1.77. The normalized spacial score (nSPS) is 11.3. The first-order chi connectivity index (χ1) is 15.3. The number of rotatable bonds is 6. The van der Waals surface area contributed by atoms with E-state index in [0.29, 0.717) is 4.99 Å². The van der Waals surface area contributed by atoms with Crippen molar-refractivity contribution in [3.63, 3.8) is 0 Å². The van der Waals surface area contributed by atoms with Crippen LogP contribution in [0.4, 0.5) is 5.69 Å². The number of imidazole rings is 2. The maximum atomic E-state index is 5.95. The van der Waals surface area contributed by atoms with Crippen molar-refractivity contribution >= 4 is 39.7 Å². The molecule has 0 fully saturated rings. The fraction of sp³-hybridized carbons (Fsp3) is 0.154. The number of hydrogen-bond acceptors (Lipinski definition) is 2. The van der Waals surface area contributed by atoms with Gasteiger partial charge in [0.25, 0.3) is 0 Å². The Hall–Kier alpha value is -3.44. The van der Waals surface area contributed by atoms with Gasteiger partial charge in [0.1, 0.15) is 16.4 Å². The average molecular weight is 425 g/mol. The third kappa shape index (κ3) is 3.51. The van der Waals surface area contributed by atoms with Crippen LogP contribution < -0.4 is 5.32 Å². The molecule has 2 heterocycles. The van der Waals surface area contributed by atoms with Crippen LogP contribution in [0.1, 0.15) is 25.5 Å². The number of anilines is 1. The fourth-order valence-electron chi connectivity index (χ4n) is 4.06. The molecule has 31 heavy (non-hydrogen) atoms. The minimum atomic E-state index is 0.663. The van der Waals surface area contributed by atoms with Gasteiger partial charge in [0.15, 0.2) is 0 Å². The van der Waals surface area contributed by atoms with Gasteiger partial charge >= 0.3 is 0 Å². The molecule has 4 nitrogen and oxygen atoms in total. The van der Waals surface area contributed by atoms with E-state index in [1.165, 1.54) is 5.52 Å². The SMILES string of the molecule is CCCCn1c2ccccc2n2c(C(=S)Nc3ccccc3)c(-c3ccccc3)nc12. The second-order valence-electron chi connectivity index (χ2n) is 7.62. The summed E-state index contributed by atoms with van der Waals surface area (Å²) in [5.41, 5.74) is 6.16. The van der Waals surface area contributed by atoms with Gasteiger partial charge in [-0.1, -0.05) is 86.2 Å². The van der Waals surface area contributed by atoms with E-state index in [1.807, 2.05) is 48.5 Å². The Morgan fingerprint density at radius 1 is 0.871 bits per heavy atom. The molecule has 0 aliphatic heterocycles. The highest BCUT2D eigenvalue weighted by Crippen LogP contribution is 2.31. The van der Waals surface area contributed by atoms with Crippen LogP contribution in [0.3, 0.4) is 0 Å². The quantitative estimate of drug-likeness (QED) is 0.314. The van der Waals surface area contributed by atoms with E-state index in [0.717, 1.165) is 53.3 Å². The van der Waals surface area contributed by atoms with Crippen LogP contribution in [0.2, 0.25) is 0 Å². The van der Waals surface area contributed by atoms with Gasteiger partial charge in [-0.2, -0.15) is 0 Å². The van der Waals surface area contributed by atoms with Gasteiger partial charge in [-0.25, -0.2) is 4.98 Å². The Bertz CT molecular complexity index is 1350. The number of nitrogens with zero attached hydrogens (tertiary/aromatic N) is 3. The minimum Gasteiger partial charge on any atom is -0.345 e. The first kappa shape index (κ1) is 19.5. The molecule has 0 amide bonds. The molecule has 0 unspecified atom stereocenters. The molecule has 3 aromatic carbocycles. The van der Waals surface area contributed by atoms with Crippen molar-refractivity contribution in [2.75, 3.05) is 5.32 Å². The second kappa shape index (κ2) is 8.36. The van der Waals surface area contributed by atoms with E-state index in [9.17, 15) is 0 Å². The third-order valence-corrected chi connectivity index (χ3v) is 5.84. The van der Waals surface area contributed by atoms with Crippen LogP contribution in [-0.2, 0) is 6.54 Å². The fourth-order valence-corrected chi connectivity index (χ4v) is 4.37. The highest BCUT2D eigenvalue weighted by molar-refractivity contribution is 7.81. The molecule has 154 valence electrons. The Kier molecular flexibility index (Phi) is 5.26. The van der Waals surface area contributed by atoms with Gasteiger partial charge in [0, 0.05) is 17.8 Å². The maximum Gasteiger partial charge on any atom is 0.216 e.